The Labute approximate surface area is 190 Å². The molecule has 1 fully saturated rings. The molecule has 33 heavy (non-hydrogen) atoms. The van der Waals surface area contributed by atoms with Crippen LogP contribution in [-0.2, 0) is 17.3 Å². The van der Waals surface area contributed by atoms with Crippen molar-refractivity contribution in [1.82, 2.24) is 4.90 Å². The van der Waals surface area contributed by atoms with E-state index in [9.17, 15) is 26.6 Å². The fourth-order valence-electron chi connectivity index (χ4n) is 3.60. The quantitative estimate of drug-likeness (QED) is 0.608. The summed E-state index contributed by atoms with van der Waals surface area (Å²) < 4.78 is 66.8. The number of halogens is 4. The third-order valence-corrected chi connectivity index (χ3v) is 6.71. The minimum atomic E-state index is -2.73. The van der Waals surface area contributed by atoms with Crippen LogP contribution in [0.3, 0.4) is 0 Å². The zero-order chi connectivity index (χ0) is 23.5. The molecule has 4 rings (SSSR count). The molecule has 0 aromatic heterocycles. The topological polar surface area (TPSA) is 65.3 Å². The molecule has 6 nitrogen and oxygen atoms in total. The predicted octanol–water partition coefficient (Wildman–Crippen LogP) is 3.97. The first-order valence-electron chi connectivity index (χ1n) is 10.2. The molecule has 0 bridgehead atoms. The molecule has 1 saturated heterocycles. The van der Waals surface area contributed by atoms with E-state index in [1.807, 2.05) is 0 Å². The summed E-state index contributed by atoms with van der Waals surface area (Å²) in [5.41, 5.74) is 0.252. The van der Waals surface area contributed by atoms with Crippen LogP contribution in [0.25, 0.3) is 0 Å². The van der Waals surface area contributed by atoms with Gasteiger partial charge in [0.15, 0.2) is 0 Å². The van der Waals surface area contributed by atoms with Gasteiger partial charge in [-0.25, -0.2) is 22.4 Å². The molecular formula is C22H20F4N4O2S. The number of urea groups is 1. The molecule has 2 aliphatic rings. The Balaban J connectivity index is 1.58. The van der Waals surface area contributed by atoms with Gasteiger partial charge in [-0.3, -0.25) is 9.11 Å². The second-order valence-electron chi connectivity index (χ2n) is 7.58. The Morgan fingerprint density at radius 3 is 2.42 bits per heavy atom. The molecule has 0 unspecified atom stereocenters. The third-order valence-electron chi connectivity index (χ3n) is 5.44. The van der Waals surface area contributed by atoms with Gasteiger partial charge in [0.2, 0.25) is 0 Å². The van der Waals surface area contributed by atoms with E-state index in [1.54, 1.807) is 6.07 Å². The highest BCUT2D eigenvalue weighted by molar-refractivity contribution is 7.85. The monoisotopic (exact) mass is 480 g/mol. The summed E-state index contributed by atoms with van der Waals surface area (Å²) in [6.45, 7) is 0.255. The maximum Gasteiger partial charge on any atom is 0.324 e. The molecule has 2 aromatic carbocycles. The molecule has 2 heterocycles. The SMILES string of the molecule is O=C(N1CCS(=O)CC1)N(Cc1ccc(C2=NN=C(C(F)F)C2)cc1F)c1ccccc1F. The van der Waals surface area contributed by atoms with Crippen molar-refractivity contribution in [3.05, 3.63) is 65.2 Å². The molecule has 0 saturated carbocycles. The van der Waals surface area contributed by atoms with Crippen LogP contribution in [0.5, 0.6) is 0 Å². The van der Waals surface area contributed by atoms with Crippen molar-refractivity contribution in [2.24, 2.45) is 10.2 Å². The number of anilines is 1. The number of para-hydroxylation sites is 1. The lowest BCUT2D eigenvalue weighted by Crippen LogP contribution is -2.49. The highest BCUT2D eigenvalue weighted by Gasteiger charge is 2.28. The van der Waals surface area contributed by atoms with Crippen LogP contribution >= 0.6 is 0 Å². The van der Waals surface area contributed by atoms with Crippen molar-refractivity contribution < 1.29 is 26.6 Å². The van der Waals surface area contributed by atoms with Crippen molar-refractivity contribution in [1.29, 1.82) is 0 Å². The van der Waals surface area contributed by atoms with Crippen molar-refractivity contribution in [3.63, 3.8) is 0 Å². The zero-order valence-electron chi connectivity index (χ0n) is 17.4. The van der Waals surface area contributed by atoms with Crippen LogP contribution in [0, 0.1) is 11.6 Å². The molecule has 11 heteroatoms. The summed E-state index contributed by atoms with van der Waals surface area (Å²) in [5.74, 6) is -0.676. The second kappa shape index (κ2) is 9.82. The Morgan fingerprint density at radius 2 is 1.79 bits per heavy atom. The van der Waals surface area contributed by atoms with Gasteiger partial charge in [-0.05, 0) is 18.2 Å². The Hall–Kier alpha value is -3.08. The summed E-state index contributed by atoms with van der Waals surface area (Å²) in [7, 11) is -1.00. The average molecular weight is 480 g/mol. The summed E-state index contributed by atoms with van der Waals surface area (Å²) in [6.07, 6.45) is -2.91. The molecule has 2 amide bonds. The van der Waals surface area contributed by atoms with E-state index in [1.165, 1.54) is 35.2 Å². The van der Waals surface area contributed by atoms with E-state index in [0.29, 0.717) is 17.1 Å². The number of hydrogen-bond donors (Lipinski definition) is 0. The molecule has 0 atom stereocenters. The highest BCUT2D eigenvalue weighted by atomic mass is 32.2. The smallest absolute Gasteiger partial charge is 0.323 e. The lowest BCUT2D eigenvalue weighted by molar-refractivity contribution is 0.208. The van der Waals surface area contributed by atoms with E-state index in [4.69, 9.17) is 0 Å². The van der Waals surface area contributed by atoms with E-state index in [2.05, 4.69) is 10.2 Å². The van der Waals surface area contributed by atoms with Crippen LogP contribution in [0.2, 0.25) is 0 Å². The van der Waals surface area contributed by atoms with Gasteiger partial charge in [0.1, 0.15) is 17.3 Å². The van der Waals surface area contributed by atoms with Crippen LogP contribution in [0.15, 0.2) is 52.7 Å². The predicted molar refractivity (Wildman–Crippen MR) is 118 cm³/mol. The van der Waals surface area contributed by atoms with E-state index < -0.39 is 34.9 Å². The molecule has 0 N–H and O–H groups in total. The van der Waals surface area contributed by atoms with Crippen molar-refractivity contribution >= 4 is 33.9 Å². The number of hydrogen-bond acceptors (Lipinski definition) is 4. The number of carbonyl (C=O) groups is 1. The molecule has 0 radical (unpaired) electrons. The van der Waals surface area contributed by atoms with E-state index >= 15 is 0 Å². The van der Waals surface area contributed by atoms with Crippen molar-refractivity contribution in [3.8, 4) is 0 Å². The lowest BCUT2D eigenvalue weighted by atomic mass is 10.0. The van der Waals surface area contributed by atoms with E-state index in [-0.39, 0.29) is 48.7 Å². The standard InChI is InChI=1S/C22H20F4N4O2S/c23-16-3-1-2-4-20(16)30(22(31)29-7-9-33(32)10-8-29)13-15-6-5-14(11-17(15)24)18-12-19(21(25)26)28-27-18/h1-6,11,21H,7-10,12-13H2. The van der Waals surface area contributed by atoms with Gasteiger partial charge in [0.05, 0.1) is 17.9 Å². The first-order chi connectivity index (χ1) is 15.8. The number of benzene rings is 2. The Morgan fingerprint density at radius 1 is 1.06 bits per heavy atom. The lowest BCUT2D eigenvalue weighted by Gasteiger charge is -2.33. The first kappa shape index (κ1) is 23.1. The Bertz CT molecular complexity index is 1140. The first-order valence-corrected chi connectivity index (χ1v) is 11.7. The van der Waals surface area contributed by atoms with Crippen LogP contribution in [-0.4, -0.2) is 57.6 Å². The van der Waals surface area contributed by atoms with Crippen LogP contribution < -0.4 is 4.90 Å². The van der Waals surface area contributed by atoms with Crippen molar-refractivity contribution in [2.45, 2.75) is 19.4 Å². The van der Waals surface area contributed by atoms with Gasteiger partial charge in [0.25, 0.3) is 6.43 Å². The maximum absolute atomic E-state index is 15.0. The van der Waals surface area contributed by atoms with Gasteiger partial charge in [0, 0.05) is 52.9 Å². The fraction of sp³-hybridized carbons (Fsp3) is 0.318. The largest absolute Gasteiger partial charge is 0.324 e. The van der Waals surface area contributed by atoms with Gasteiger partial charge in [-0.2, -0.15) is 10.2 Å². The number of carbonyl (C=O) groups excluding carboxylic acids is 1. The number of rotatable bonds is 5. The molecular weight excluding hydrogens is 460 g/mol. The van der Waals surface area contributed by atoms with Crippen LogP contribution in [0.4, 0.5) is 28.0 Å². The summed E-state index contributed by atoms with van der Waals surface area (Å²) in [6, 6.07) is 9.25. The van der Waals surface area contributed by atoms with Gasteiger partial charge in [-0.1, -0.05) is 24.3 Å². The number of amides is 2. The number of alkyl halides is 2. The number of nitrogens with zero attached hydrogens (tertiary/aromatic N) is 4. The van der Waals surface area contributed by atoms with Crippen molar-refractivity contribution in [2.75, 3.05) is 29.5 Å². The van der Waals surface area contributed by atoms with Gasteiger partial charge < -0.3 is 4.90 Å². The highest BCUT2D eigenvalue weighted by Crippen LogP contribution is 2.25. The van der Waals surface area contributed by atoms with Crippen LogP contribution in [0.1, 0.15) is 17.5 Å². The minimum Gasteiger partial charge on any atom is -0.323 e. The van der Waals surface area contributed by atoms with Gasteiger partial charge >= 0.3 is 6.03 Å². The zero-order valence-corrected chi connectivity index (χ0v) is 18.2. The normalized spacial score (nSPS) is 16.7. The van der Waals surface area contributed by atoms with E-state index in [0.717, 1.165) is 11.0 Å². The molecule has 174 valence electrons. The molecule has 2 aromatic rings. The minimum absolute atomic E-state index is 0.00665. The maximum atomic E-state index is 15.0. The third kappa shape index (κ3) is 5.13. The molecule has 2 aliphatic heterocycles. The van der Waals surface area contributed by atoms with Gasteiger partial charge in [-0.15, -0.1) is 0 Å². The average Bonchev–Trinajstić information content (AvgIpc) is 3.30. The molecule has 0 aliphatic carbocycles. The summed E-state index contributed by atoms with van der Waals surface area (Å²) in [4.78, 5) is 15.8. The fourth-order valence-corrected chi connectivity index (χ4v) is 4.65. The Kier molecular flexibility index (Phi) is 6.87. The second-order valence-corrected chi connectivity index (χ2v) is 9.27. The summed E-state index contributed by atoms with van der Waals surface area (Å²) >= 11 is 0. The molecule has 0 spiro atoms. The summed E-state index contributed by atoms with van der Waals surface area (Å²) in [5, 5.41) is 7.14.